The summed E-state index contributed by atoms with van der Waals surface area (Å²) >= 11 is 0. The first-order valence-electron chi connectivity index (χ1n) is 5.81. The smallest absolute Gasteiger partial charge is 0.243 e. The fourth-order valence-electron chi connectivity index (χ4n) is 2.24. The van der Waals surface area contributed by atoms with Crippen molar-refractivity contribution in [3.63, 3.8) is 0 Å². The average Bonchev–Trinajstić information content (AvgIpc) is 2.37. The van der Waals surface area contributed by atoms with Gasteiger partial charge >= 0.3 is 0 Å². The third-order valence-electron chi connectivity index (χ3n) is 3.17. The largest absolute Gasteiger partial charge is 0.497 e. The molecule has 0 spiro atoms. The number of carbonyl (C=O) groups is 1. The number of hydrogen-bond donors (Lipinski definition) is 1. The number of rotatable bonds is 3. The molecule has 1 aliphatic rings. The van der Waals surface area contributed by atoms with Crippen molar-refractivity contribution in [2.45, 2.75) is 25.3 Å². The van der Waals surface area contributed by atoms with Gasteiger partial charge in [0.1, 0.15) is 5.75 Å². The molecule has 0 aromatic heterocycles. The van der Waals surface area contributed by atoms with Gasteiger partial charge in [-0.05, 0) is 48.6 Å². The second-order valence-corrected chi connectivity index (χ2v) is 4.29. The summed E-state index contributed by atoms with van der Waals surface area (Å²) in [5.74, 6) is 0.779. The lowest BCUT2D eigenvalue weighted by molar-refractivity contribution is -0.117. The topological polar surface area (TPSA) is 38.3 Å². The molecule has 0 fully saturated rings. The first kappa shape index (κ1) is 11.7. The van der Waals surface area contributed by atoms with E-state index in [9.17, 15) is 4.79 Å². The standard InChI is InChI=1S/C14H17NO2/c1-3-14(16)15-12-6-4-10-5-7-13(17-2)9-11(10)8-12/h3,5,7,9,12H,1,4,6,8H2,2H3,(H,15,16). The molecule has 1 amide bonds. The lowest BCUT2D eigenvalue weighted by atomic mass is 9.88. The van der Waals surface area contributed by atoms with Crippen molar-refractivity contribution in [2.75, 3.05) is 7.11 Å². The van der Waals surface area contributed by atoms with Gasteiger partial charge in [0.25, 0.3) is 0 Å². The molecule has 1 aromatic rings. The van der Waals surface area contributed by atoms with E-state index in [1.165, 1.54) is 17.2 Å². The van der Waals surface area contributed by atoms with E-state index < -0.39 is 0 Å². The van der Waals surface area contributed by atoms with E-state index in [0.717, 1.165) is 25.0 Å². The van der Waals surface area contributed by atoms with Crippen LogP contribution in [-0.4, -0.2) is 19.1 Å². The Bertz CT molecular complexity index is 440. The number of fused-ring (bicyclic) bond motifs is 1. The molecule has 0 aliphatic heterocycles. The molecule has 2 rings (SSSR count). The predicted octanol–water partition coefficient (Wildman–Crippen LogP) is 1.85. The Morgan fingerprint density at radius 3 is 3.06 bits per heavy atom. The summed E-state index contributed by atoms with van der Waals surface area (Å²) in [4.78, 5) is 11.3. The van der Waals surface area contributed by atoms with Crippen LogP contribution >= 0.6 is 0 Å². The fraction of sp³-hybridized carbons (Fsp3) is 0.357. The van der Waals surface area contributed by atoms with E-state index in [1.807, 2.05) is 6.07 Å². The Balaban J connectivity index is 2.11. The van der Waals surface area contributed by atoms with Crippen LogP contribution in [-0.2, 0) is 17.6 Å². The minimum absolute atomic E-state index is 0.0960. The van der Waals surface area contributed by atoms with Crippen molar-refractivity contribution in [1.29, 1.82) is 0 Å². The fourth-order valence-corrected chi connectivity index (χ4v) is 2.24. The number of methoxy groups -OCH3 is 1. The molecule has 1 aromatic carbocycles. The van der Waals surface area contributed by atoms with Gasteiger partial charge in [-0.3, -0.25) is 4.79 Å². The molecule has 3 heteroatoms. The monoisotopic (exact) mass is 231 g/mol. The van der Waals surface area contributed by atoms with Crippen molar-refractivity contribution in [3.05, 3.63) is 42.0 Å². The predicted molar refractivity (Wildman–Crippen MR) is 67.1 cm³/mol. The maximum atomic E-state index is 11.3. The van der Waals surface area contributed by atoms with Gasteiger partial charge in [-0.25, -0.2) is 0 Å². The molecule has 0 radical (unpaired) electrons. The zero-order valence-electron chi connectivity index (χ0n) is 10.0. The number of benzene rings is 1. The minimum atomic E-state index is -0.0960. The third-order valence-corrected chi connectivity index (χ3v) is 3.17. The SMILES string of the molecule is C=CC(=O)NC1CCc2ccc(OC)cc2C1. The van der Waals surface area contributed by atoms with E-state index in [2.05, 4.69) is 24.0 Å². The molecule has 17 heavy (non-hydrogen) atoms. The first-order valence-corrected chi connectivity index (χ1v) is 5.81. The van der Waals surface area contributed by atoms with Gasteiger partial charge in [0, 0.05) is 6.04 Å². The van der Waals surface area contributed by atoms with Crippen molar-refractivity contribution < 1.29 is 9.53 Å². The number of nitrogens with one attached hydrogen (secondary N) is 1. The Hall–Kier alpha value is -1.77. The molecule has 0 saturated carbocycles. The maximum absolute atomic E-state index is 11.3. The first-order chi connectivity index (χ1) is 8.22. The summed E-state index contributed by atoms with van der Waals surface area (Å²) in [7, 11) is 1.67. The van der Waals surface area contributed by atoms with E-state index >= 15 is 0 Å². The summed E-state index contributed by atoms with van der Waals surface area (Å²) in [6, 6.07) is 6.36. The summed E-state index contributed by atoms with van der Waals surface area (Å²) in [5.41, 5.74) is 2.62. The number of ether oxygens (including phenoxy) is 1. The average molecular weight is 231 g/mol. The minimum Gasteiger partial charge on any atom is -0.497 e. The van der Waals surface area contributed by atoms with Gasteiger partial charge in [-0.1, -0.05) is 12.6 Å². The van der Waals surface area contributed by atoms with Crippen LogP contribution in [0.2, 0.25) is 0 Å². The van der Waals surface area contributed by atoms with Crippen LogP contribution in [0.15, 0.2) is 30.9 Å². The molecule has 0 bridgehead atoms. The van der Waals surface area contributed by atoms with Crippen molar-refractivity contribution >= 4 is 5.91 Å². The molecule has 1 unspecified atom stereocenters. The van der Waals surface area contributed by atoms with E-state index in [0.29, 0.717) is 0 Å². The lowest BCUT2D eigenvalue weighted by Gasteiger charge is -2.25. The summed E-state index contributed by atoms with van der Waals surface area (Å²) in [6.07, 6.45) is 4.17. The quantitative estimate of drug-likeness (QED) is 0.806. The number of amides is 1. The van der Waals surface area contributed by atoms with Gasteiger partial charge in [0.2, 0.25) is 5.91 Å². The zero-order valence-corrected chi connectivity index (χ0v) is 10.0. The maximum Gasteiger partial charge on any atom is 0.243 e. The van der Waals surface area contributed by atoms with Gasteiger partial charge in [-0.15, -0.1) is 0 Å². The Morgan fingerprint density at radius 1 is 1.53 bits per heavy atom. The Labute approximate surface area is 101 Å². The van der Waals surface area contributed by atoms with Crippen LogP contribution in [0.4, 0.5) is 0 Å². The second kappa shape index (κ2) is 5.04. The van der Waals surface area contributed by atoms with Gasteiger partial charge < -0.3 is 10.1 Å². The molecule has 1 N–H and O–H groups in total. The van der Waals surface area contributed by atoms with Crippen LogP contribution < -0.4 is 10.1 Å². The van der Waals surface area contributed by atoms with Crippen molar-refractivity contribution in [2.24, 2.45) is 0 Å². The summed E-state index contributed by atoms with van der Waals surface area (Å²) < 4.78 is 5.21. The highest BCUT2D eigenvalue weighted by atomic mass is 16.5. The Morgan fingerprint density at radius 2 is 2.35 bits per heavy atom. The molecule has 0 heterocycles. The van der Waals surface area contributed by atoms with Crippen LogP contribution in [0.1, 0.15) is 17.5 Å². The van der Waals surface area contributed by atoms with E-state index in [4.69, 9.17) is 4.74 Å². The number of aryl methyl sites for hydroxylation is 1. The highest BCUT2D eigenvalue weighted by Crippen LogP contribution is 2.25. The summed E-state index contributed by atoms with van der Waals surface area (Å²) in [5, 5.41) is 2.95. The number of hydrogen-bond acceptors (Lipinski definition) is 2. The second-order valence-electron chi connectivity index (χ2n) is 4.29. The van der Waals surface area contributed by atoms with Crippen LogP contribution in [0.5, 0.6) is 5.75 Å². The highest BCUT2D eigenvalue weighted by molar-refractivity contribution is 5.87. The molecule has 1 atom stereocenters. The molecule has 90 valence electrons. The molecule has 0 saturated heterocycles. The van der Waals surface area contributed by atoms with Crippen molar-refractivity contribution in [3.8, 4) is 5.75 Å². The van der Waals surface area contributed by atoms with Gasteiger partial charge in [-0.2, -0.15) is 0 Å². The normalized spacial score (nSPS) is 18.1. The zero-order chi connectivity index (χ0) is 12.3. The number of carbonyl (C=O) groups excluding carboxylic acids is 1. The Kier molecular flexibility index (Phi) is 3.47. The third kappa shape index (κ3) is 2.67. The summed E-state index contributed by atoms with van der Waals surface area (Å²) in [6.45, 7) is 3.47. The van der Waals surface area contributed by atoms with Crippen LogP contribution in [0.25, 0.3) is 0 Å². The van der Waals surface area contributed by atoms with Crippen LogP contribution in [0.3, 0.4) is 0 Å². The molecule has 1 aliphatic carbocycles. The van der Waals surface area contributed by atoms with Crippen molar-refractivity contribution in [1.82, 2.24) is 5.32 Å². The van der Waals surface area contributed by atoms with E-state index in [1.54, 1.807) is 7.11 Å². The van der Waals surface area contributed by atoms with Gasteiger partial charge in [0.05, 0.1) is 7.11 Å². The van der Waals surface area contributed by atoms with E-state index in [-0.39, 0.29) is 11.9 Å². The van der Waals surface area contributed by atoms with Crippen LogP contribution in [0, 0.1) is 0 Å². The molecule has 3 nitrogen and oxygen atoms in total. The molecular formula is C14H17NO2. The molecular weight excluding hydrogens is 214 g/mol. The highest BCUT2D eigenvalue weighted by Gasteiger charge is 2.19. The van der Waals surface area contributed by atoms with Gasteiger partial charge in [0.15, 0.2) is 0 Å². The lowest BCUT2D eigenvalue weighted by Crippen LogP contribution is -2.37.